The summed E-state index contributed by atoms with van der Waals surface area (Å²) in [4.78, 5) is 0. The van der Waals surface area contributed by atoms with Crippen molar-refractivity contribution in [2.45, 2.75) is 19.9 Å². The van der Waals surface area contributed by atoms with Crippen LogP contribution in [0, 0.1) is 12.7 Å². The SMILES string of the molecule is CNC(C)c1ccc(Oc2ccc(Br)c(C)c2)c(F)c1. The Morgan fingerprint density at radius 1 is 1.20 bits per heavy atom. The monoisotopic (exact) mass is 337 g/mol. The molecule has 2 aromatic carbocycles. The summed E-state index contributed by atoms with van der Waals surface area (Å²) < 4.78 is 20.7. The quantitative estimate of drug-likeness (QED) is 0.850. The second-order valence-corrected chi connectivity index (χ2v) is 5.57. The molecule has 0 saturated heterocycles. The third-order valence-corrected chi connectivity index (χ3v) is 4.14. The Hall–Kier alpha value is -1.39. The van der Waals surface area contributed by atoms with Gasteiger partial charge >= 0.3 is 0 Å². The number of hydrogen-bond donors (Lipinski definition) is 1. The number of benzene rings is 2. The van der Waals surface area contributed by atoms with E-state index in [1.807, 2.05) is 39.1 Å². The van der Waals surface area contributed by atoms with Gasteiger partial charge < -0.3 is 10.1 Å². The number of rotatable bonds is 4. The van der Waals surface area contributed by atoms with E-state index in [0.29, 0.717) is 5.75 Å². The van der Waals surface area contributed by atoms with E-state index < -0.39 is 0 Å². The first-order chi connectivity index (χ1) is 9.51. The molecule has 2 aromatic rings. The average molecular weight is 338 g/mol. The third kappa shape index (κ3) is 3.38. The van der Waals surface area contributed by atoms with Gasteiger partial charge in [0.05, 0.1) is 0 Å². The van der Waals surface area contributed by atoms with Crippen molar-refractivity contribution in [1.29, 1.82) is 0 Å². The molecule has 0 spiro atoms. The summed E-state index contributed by atoms with van der Waals surface area (Å²) in [6.45, 7) is 3.94. The van der Waals surface area contributed by atoms with Gasteiger partial charge in [-0.25, -0.2) is 4.39 Å². The van der Waals surface area contributed by atoms with E-state index in [2.05, 4.69) is 21.2 Å². The summed E-state index contributed by atoms with van der Waals surface area (Å²) >= 11 is 3.43. The van der Waals surface area contributed by atoms with E-state index >= 15 is 0 Å². The lowest BCUT2D eigenvalue weighted by atomic mass is 10.1. The Balaban J connectivity index is 2.23. The highest BCUT2D eigenvalue weighted by Gasteiger charge is 2.10. The molecule has 0 aromatic heterocycles. The Kier molecular flexibility index (Phi) is 4.78. The predicted molar refractivity (Wildman–Crippen MR) is 82.8 cm³/mol. The van der Waals surface area contributed by atoms with E-state index in [1.165, 1.54) is 6.07 Å². The van der Waals surface area contributed by atoms with Crippen molar-refractivity contribution in [2.24, 2.45) is 0 Å². The molecule has 0 heterocycles. The molecule has 1 unspecified atom stereocenters. The van der Waals surface area contributed by atoms with Gasteiger partial charge in [-0.2, -0.15) is 0 Å². The number of halogens is 2. The standard InChI is InChI=1S/C16H17BrFNO/c1-10-8-13(5-6-14(10)17)20-16-7-4-12(9-15(16)18)11(2)19-3/h4-9,11,19H,1-3H3. The Morgan fingerprint density at radius 2 is 1.95 bits per heavy atom. The minimum Gasteiger partial charge on any atom is -0.454 e. The van der Waals surface area contributed by atoms with Gasteiger partial charge in [0.1, 0.15) is 5.75 Å². The molecule has 0 saturated carbocycles. The summed E-state index contributed by atoms with van der Waals surface area (Å²) in [5.41, 5.74) is 1.94. The van der Waals surface area contributed by atoms with Gasteiger partial charge in [-0.15, -0.1) is 0 Å². The van der Waals surface area contributed by atoms with E-state index in [-0.39, 0.29) is 17.6 Å². The van der Waals surface area contributed by atoms with Crippen LogP contribution in [-0.4, -0.2) is 7.05 Å². The molecule has 0 aliphatic rings. The molecule has 0 amide bonds. The summed E-state index contributed by atoms with van der Waals surface area (Å²) in [7, 11) is 1.84. The zero-order valence-corrected chi connectivity index (χ0v) is 13.3. The minimum absolute atomic E-state index is 0.105. The van der Waals surface area contributed by atoms with Gasteiger partial charge in [0.25, 0.3) is 0 Å². The van der Waals surface area contributed by atoms with Gasteiger partial charge in [-0.3, -0.25) is 0 Å². The molecule has 106 valence electrons. The smallest absolute Gasteiger partial charge is 0.166 e. The van der Waals surface area contributed by atoms with Crippen LogP contribution in [0.3, 0.4) is 0 Å². The average Bonchev–Trinajstić information content (AvgIpc) is 2.44. The molecule has 0 radical (unpaired) electrons. The van der Waals surface area contributed by atoms with E-state index in [0.717, 1.165) is 15.6 Å². The molecule has 1 N–H and O–H groups in total. The van der Waals surface area contributed by atoms with Crippen molar-refractivity contribution in [1.82, 2.24) is 5.32 Å². The first-order valence-corrected chi connectivity index (χ1v) is 7.21. The van der Waals surface area contributed by atoms with Crippen molar-refractivity contribution < 1.29 is 9.13 Å². The van der Waals surface area contributed by atoms with Crippen LogP contribution < -0.4 is 10.1 Å². The number of nitrogens with one attached hydrogen (secondary N) is 1. The van der Waals surface area contributed by atoms with Crippen LogP contribution in [0.25, 0.3) is 0 Å². The molecular formula is C16H17BrFNO. The highest BCUT2D eigenvalue weighted by Crippen LogP contribution is 2.29. The first kappa shape index (κ1) is 15.0. The van der Waals surface area contributed by atoms with Gasteiger partial charge in [-0.1, -0.05) is 22.0 Å². The van der Waals surface area contributed by atoms with Crippen LogP contribution in [0.15, 0.2) is 40.9 Å². The zero-order valence-electron chi connectivity index (χ0n) is 11.7. The Labute approximate surface area is 127 Å². The van der Waals surface area contributed by atoms with E-state index in [9.17, 15) is 4.39 Å². The Morgan fingerprint density at radius 3 is 2.55 bits per heavy atom. The van der Waals surface area contributed by atoms with Crippen molar-refractivity contribution in [3.05, 3.63) is 57.8 Å². The largest absolute Gasteiger partial charge is 0.454 e. The lowest BCUT2D eigenvalue weighted by Crippen LogP contribution is -2.12. The molecule has 2 rings (SSSR count). The maximum atomic E-state index is 14.1. The van der Waals surface area contributed by atoms with Crippen LogP contribution in [-0.2, 0) is 0 Å². The fourth-order valence-corrected chi connectivity index (χ4v) is 2.09. The summed E-state index contributed by atoms with van der Waals surface area (Å²) in [6, 6.07) is 10.7. The predicted octanol–water partition coefficient (Wildman–Crippen LogP) is 4.97. The maximum absolute atomic E-state index is 14.1. The second-order valence-electron chi connectivity index (χ2n) is 4.71. The summed E-state index contributed by atoms with van der Waals surface area (Å²) in [5.74, 6) is 0.503. The molecule has 20 heavy (non-hydrogen) atoms. The lowest BCUT2D eigenvalue weighted by Gasteiger charge is -2.13. The molecule has 0 aliphatic carbocycles. The van der Waals surface area contributed by atoms with Crippen LogP contribution in [0.2, 0.25) is 0 Å². The summed E-state index contributed by atoms with van der Waals surface area (Å²) in [6.07, 6.45) is 0. The minimum atomic E-state index is -0.356. The zero-order chi connectivity index (χ0) is 14.7. The second kappa shape index (κ2) is 6.37. The fourth-order valence-electron chi connectivity index (χ4n) is 1.84. The van der Waals surface area contributed by atoms with Crippen LogP contribution in [0.5, 0.6) is 11.5 Å². The molecule has 1 atom stereocenters. The normalized spacial score (nSPS) is 12.2. The van der Waals surface area contributed by atoms with Gasteiger partial charge in [-0.05, 0) is 62.4 Å². The number of ether oxygens (including phenoxy) is 1. The van der Waals surface area contributed by atoms with Crippen molar-refractivity contribution >= 4 is 15.9 Å². The molecule has 2 nitrogen and oxygen atoms in total. The van der Waals surface area contributed by atoms with Crippen molar-refractivity contribution in [2.75, 3.05) is 7.05 Å². The molecule has 4 heteroatoms. The highest BCUT2D eigenvalue weighted by molar-refractivity contribution is 9.10. The van der Waals surface area contributed by atoms with Crippen LogP contribution in [0.4, 0.5) is 4.39 Å². The van der Waals surface area contributed by atoms with Crippen LogP contribution in [0.1, 0.15) is 24.1 Å². The third-order valence-electron chi connectivity index (χ3n) is 3.25. The van der Waals surface area contributed by atoms with E-state index in [1.54, 1.807) is 12.1 Å². The van der Waals surface area contributed by atoms with Crippen molar-refractivity contribution in [3.63, 3.8) is 0 Å². The maximum Gasteiger partial charge on any atom is 0.166 e. The van der Waals surface area contributed by atoms with E-state index in [4.69, 9.17) is 4.74 Å². The first-order valence-electron chi connectivity index (χ1n) is 6.42. The number of aryl methyl sites for hydroxylation is 1. The highest BCUT2D eigenvalue weighted by atomic mass is 79.9. The lowest BCUT2D eigenvalue weighted by molar-refractivity contribution is 0.440. The Bertz CT molecular complexity index is 615. The molecular weight excluding hydrogens is 321 g/mol. The molecule has 0 fully saturated rings. The number of hydrogen-bond acceptors (Lipinski definition) is 2. The van der Waals surface area contributed by atoms with Gasteiger partial charge in [0, 0.05) is 10.5 Å². The topological polar surface area (TPSA) is 21.3 Å². The fraction of sp³-hybridized carbons (Fsp3) is 0.250. The van der Waals surface area contributed by atoms with Crippen molar-refractivity contribution in [3.8, 4) is 11.5 Å². The summed E-state index contributed by atoms with van der Waals surface area (Å²) in [5, 5.41) is 3.08. The molecule has 0 bridgehead atoms. The van der Waals surface area contributed by atoms with Crippen LogP contribution >= 0.6 is 15.9 Å². The van der Waals surface area contributed by atoms with Gasteiger partial charge in [0.2, 0.25) is 0 Å². The molecule has 0 aliphatic heterocycles. The van der Waals surface area contributed by atoms with Gasteiger partial charge in [0.15, 0.2) is 11.6 Å².